The number of primary amides is 1. The minimum absolute atomic E-state index is 0.227. The van der Waals surface area contributed by atoms with Crippen molar-refractivity contribution in [3.05, 3.63) is 0 Å². The Bertz CT molecular complexity index is 340. The van der Waals surface area contributed by atoms with E-state index >= 15 is 0 Å². The van der Waals surface area contributed by atoms with Gasteiger partial charge in [-0.2, -0.15) is 11.8 Å². The number of carbonyl (C=O) groups is 2. The van der Waals surface area contributed by atoms with Gasteiger partial charge in [-0.25, -0.2) is 0 Å². The lowest BCUT2D eigenvalue weighted by Crippen LogP contribution is -2.42. The number of ether oxygens (including phenoxy) is 3. The van der Waals surface area contributed by atoms with Gasteiger partial charge in [-0.1, -0.05) is 0 Å². The Balaban J connectivity index is 3.75. The summed E-state index contributed by atoms with van der Waals surface area (Å²) in [5, 5.41) is 0. The second-order valence-electron chi connectivity index (χ2n) is 5.08. The standard InChI is InChI=1S/C16H32N2O5S/c1-4-18(5-2)16(20)14(15(17)19)6-7-21-8-9-22-10-11-23-12-13-24-3/h14H,4-13H2,1-3H3,(H2,17,19). The molecular formula is C16H32N2O5S. The fraction of sp³-hybridized carbons (Fsp3) is 0.875. The van der Waals surface area contributed by atoms with Gasteiger partial charge in [0.15, 0.2) is 0 Å². The SMILES string of the molecule is CCN(CC)C(=O)C(CCOCCOCCOCCSC)C(N)=O. The van der Waals surface area contributed by atoms with Gasteiger partial charge in [0.25, 0.3) is 0 Å². The Labute approximate surface area is 149 Å². The summed E-state index contributed by atoms with van der Waals surface area (Å²) in [6.07, 6.45) is 2.33. The number of hydrogen-bond acceptors (Lipinski definition) is 6. The predicted molar refractivity (Wildman–Crippen MR) is 96.1 cm³/mol. The van der Waals surface area contributed by atoms with E-state index in [-0.39, 0.29) is 5.91 Å². The van der Waals surface area contributed by atoms with Crippen LogP contribution in [0.15, 0.2) is 0 Å². The summed E-state index contributed by atoms with van der Waals surface area (Å²) >= 11 is 1.74. The second kappa shape index (κ2) is 15.7. The third kappa shape index (κ3) is 10.9. The highest BCUT2D eigenvalue weighted by molar-refractivity contribution is 7.98. The first-order chi connectivity index (χ1) is 11.6. The average Bonchev–Trinajstić information content (AvgIpc) is 2.56. The van der Waals surface area contributed by atoms with Crippen LogP contribution in [0.2, 0.25) is 0 Å². The molecule has 0 fully saturated rings. The van der Waals surface area contributed by atoms with Crippen LogP contribution in [0.1, 0.15) is 20.3 Å². The van der Waals surface area contributed by atoms with E-state index in [0.717, 1.165) is 12.4 Å². The number of nitrogens with two attached hydrogens (primary N) is 1. The first-order valence-corrected chi connectivity index (χ1v) is 9.78. The largest absolute Gasteiger partial charge is 0.379 e. The molecule has 0 aromatic carbocycles. The van der Waals surface area contributed by atoms with Crippen molar-refractivity contribution in [2.45, 2.75) is 20.3 Å². The number of thioether (sulfide) groups is 1. The molecule has 142 valence electrons. The van der Waals surface area contributed by atoms with Crippen LogP contribution in [0, 0.1) is 5.92 Å². The number of hydrogen-bond donors (Lipinski definition) is 1. The Morgan fingerprint density at radius 2 is 1.46 bits per heavy atom. The van der Waals surface area contributed by atoms with Crippen LogP contribution in [0.25, 0.3) is 0 Å². The summed E-state index contributed by atoms with van der Waals surface area (Å²) in [4.78, 5) is 25.3. The molecule has 2 N–H and O–H groups in total. The number of carbonyl (C=O) groups excluding carboxylic acids is 2. The number of nitrogens with zero attached hydrogens (tertiary/aromatic N) is 1. The molecule has 0 aliphatic carbocycles. The predicted octanol–water partition coefficient (Wildman–Crippen LogP) is 0.759. The quantitative estimate of drug-likeness (QED) is 0.321. The Morgan fingerprint density at radius 1 is 0.958 bits per heavy atom. The molecule has 0 aromatic heterocycles. The monoisotopic (exact) mass is 364 g/mol. The van der Waals surface area contributed by atoms with E-state index in [1.165, 1.54) is 0 Å². The molecule has 0 radical (unpaired) electrons. The fourth-order valence-electron chi connectivity index (χ4n) is 2.03. The smallest absolute Gasteiger partial charge is 0.235 e. The second-order valence-corrected chi connectivity index (χ2v) is 6.07. The van der Waals surface area contributed by atoms with Crippen molar-refractivity contribution in [1.82, 2.24) is 4.90 Å². The fourth-order valence-corrected chi connectivity index (χ4v) is 2.31. The summed E-state index contributed by atoms with van der Waals surface area (Å²) in [5.74, 6) is -0.671. The summed E-state index contributed by atoms with van der Waals surface area (Å²) in [5.41, 5.74) is 5.33. The van der Waals surface area contributed by atoms with Gasteiger partial charge in [0.05, 0.1) is 33.0 Å². The molecule has 2 amide bonds. The summed E-state index contributed by atoms with van der Waals surface area (Å²) in [6, 6.07) is 0. The molecule has 0 saturated carbocycles. The summed E-state index contributed by atoms with van der Waals surface area (Å²) in [6.45, 7) is 7.87. The molecule has 0 bridgehead atoms. The van der Waals surface area contributed by atoms with Gasteiger partial charge < -0.3 is 24.8 Å². The van der Waals surface area contributed by atoms with E-state index in [4.69, 9.17) is 19.9 Å². The zero-order valence-corrected chi connectivity index (χ0v) is 15.9. The van der Waals surface area contributed by atoms with Crippen molar-refractivity contribution >= 4 is 23.6 Å². The minimum Gasteiger partial charge on any atom is -0.379 e. The van der Waals surface area contributed by atoms with E-state index in [1.807, 2.05) is 20.1 Å². The normalized spacial score (nSPS) is 12.1. The van der Waals surface area contributed by atoms with Crippen molar-refractivity contribution < 1.29 is 23.8 Å². The molecule has 0 aliphatic heterocycles. The summed E-state index contributed by atoms with van der Waals surface area (Å²) < 4.78 is 16.1. The Morgan fingerprint density at radius 3 is 1.92 bits per heavy atom. The Hall–Kier alpha value is -0.830. The minimum atomic E-state index is -0.823. The van der Waals surface area contributed by atoms with Crippen molar-refractivity contribution in [2.75, 3.05) is 64.7 Å². The molecule has 24 heavy (non-hydrogen) atoms. The molecule has 0 aromatic rings. The van der Waals surface area contributed by atoms with Crippen molar-refractivity contribution in [3.63, 3.8) is 0 Å². The molecular weight excluding hydrogens is 332 g/mol. The third-order valence-corrected chi connectivity index (χ3v) is 4.02. The van der Waals surface area contributed by atoms with E-state index in [1.54, 1.807) is 16.7 Å². The van der Waals surface area contributed by atoms with E-state index < -0.39 is 11.8 Å². The van der Waals surface area contributed by atoms with E-state index in [9.17, 15) is 9.59 Å². The maximum Gasteiger partial charge on any atom is 0.235 e. The highest BCUT2D eigenvalue weighted by atomic mass is 32.2. The molecule has 0 spiro atoms. The maximum absolute atomic E-state index is 12.2. The molecule has 0 aliphatic rings. The van der Waals surface area contributed by atoms with Gasteiger partial charge in [0.2, 0.25) is 11.8 Å². The van der Waals surface area contributed by atoms with Crippen molar-refractivity contribution in [2.24, 2.45) is 11.7 Å². The van der Waals surface area contributed by atoms with Crippen LogP contribution in [0.5, 0.6) is 0 Å². The molecule has 1 atom stereocenters. The van der Waals surface area contributed by atoms with Gasteiger partial charge in [0.1, 0.15) is 5.92 Å². The van der Waals surface area contributed by atoms with Gasteiger partial charge in [-0.05, 0) is 26.5 Å². The van der Waals surface area contributed by atoms with Crippen molar-refractivity contribution in [3.8, 4) is 0 Å². The number of rotatable bonds is 16. The highest BCUT2D eigenvalue weighted by Gasteiger charge is 2.27. The molecule has 7 nitrogen and oxygen atoms in total. The summed E-state index contributed by atoms with van der Waals surface area (Å²) in [7, 11) is 0. The lowest BCUT2D eigenvalue weighted by atomic mass is 10.0. The van der Waals surface area contributed by atoms with Gasteiger partial charge in [-0.3, -0.25) is 9.59 Å². The highest BCUT2D eigenvalue weighted by Crippen LogP contribution is 2.08. The molecule has 1 unspecified atom stereocenters. The van der Waals surface area contributed by atoms with Crippen LogP contribution in [-0.4, -0.2) is 81.5 Å². The van der Waals surface area contributed by atoms with Crippen LogP contribution in [0.4, 0.5) is 0 Å². The van der Waals surface area contributed by atoms with Crippen LogP contribution in [0.3, 0.4) is 0 Å². The van der Waals surface area contributed by atoms with Gasteiger partial charge in [0, 0.05) is 25.4 Å². The molecule has 0 rings (SSSR count). The van der Waals surface area contributed by atoms with Gasteiger partial charge >= 0.3 is 0 Å². The first-order valence-electron chi connectivity index (χ1n) is 8.38. The van der Waals surface area contributed by atoms with E-state index in [0.29, 0.717) is 52.5 Å². The van der Waals surface area contributed by atoms with E-state index in [2.05, 4.69) is 0 Å². The van der Waals surface area contributed by atoms with Crippen LogP contribution >= 0.6 is 11.8 Å². The molecule has 0 saturated heterocycles. The lowest BCUT2D eigenvalue weighted by molar-refractivity contribution is -0.141. The van der Waals surface area contributed by atoms with Crippen LogP contribution < -0.4 is 5.73 Å². The molecule has 0 heterocycles. The average molecular weight is 365 g/mol. The zero-order chi connectivity index (χ0) is 18.2. The lowest BCUT2D eigenvalue weighted by Gasteiger charge is -2.23. The first kappa shape index (κ1) is 23.2. The zero-order valence-electron chi connectivity index (χ0n) is 15.1. The van der Waals surface area contributed by atoms with Gasteiger partial charge in [-0.15, -0.1) is 0 Å². The maximum atomic E-state index is 12.2. The molecule has 8 heteroatoms. The van der Waals surface area contributed by atoms with Crippen molar-refractivity contribution in [1.29, 1.82) is 0 Å². The van der Waals surface area contributed by atoms with Crippen LogP contribution in [-0.2, 0) is 23.8 Å². The Kier molecular flexibility index (Phi) is 15.1. The topological polar surface area (TPSA) is 91.1 Å². The number of amides is 2. The third-order valence-electron chi connectivity index (χ3n) is 3.44.